The first kappa shape index (κ1) is 15.5. The van der Waals surface area contributed by atoms with Gasteiger partial charge in [0.1, 0.15) is 12.4 Å². The van der Waals surface area contributed by atoms with Crippen molar-refractivity contribution in [2.75, 3.05) is 19.7 Å². The van der Waals surface area contributed by atoms with Gasteiger partial charge in [-0.1, -0.05) is 42.6 Å². The Morgan fingerprint density at radius 3 is 2.50 bits per heavy atom. The number of benzene rings is 1. The van der Waals surface area contributed by atoms with Crippen molar-refractivity contribution in [3.8, 4) is 5.75 Å². The van der Waals surface area contributed by atoms with E-state index >= 15 is 0 Å². The summed E-state index contributed by atoms with van der Waals surface area (Å²) in [6.07, 6.45) is 3.91. The Balaban J connectivity index is 1.94. The molecule has 0 spiro atoms. The van der Waals surface area contributed by atoms with Crippen LogP contribution in [0.4, 0.5) is 0 Å². The molecule has 102 valence electrons. The molecule has 0 unspecified atom stereocenters. The van der Waals surface area contributed by atoms with E-state index in [-0.39, 0.29) is 0 Å². The fraction of sp³-hybridized carbons (Fsp3) is 0.600. The summed E-state index contributed by atoms with van der Waals surface area (Å²) in [5.41, 5.74) is 0. The lowest BCUT2D eigenvalue weighted by Crippen LogP contribution is -2.22. The molecule has 0 aromatic heterocycles. The number of unbranched alkanes of at least 4 members (excludes halogenated alkanes) is 1. The van der Waals surface area contributed by atoms with Gasteiger partial charge < -0.3 is 10.1 Å². The maximum atomic E-state index is 5.62. The first-order valence-corrected chi connectivity index (χ1v) is 7.57. The van der Waals surface area contributed by atoms with Crippen molar-refractivity contribution in [1.29, 1.82) is 0 Å². The van der Waals surface area contributed by atoms with Gasteiger partial charge in [-0.2, -0.15) is 0 Å². The normalized spacial score (nSPS) is 10.9. The van der Waals surface area contributed by atoms with Crippen LogP contribution in [0.3, 0.4) is 0 Å². The van der Waals surface area contributed by atoms with Crippen LogP contribution < -0.4 is 10.1 Å². The predicted molar refractivity (Wildman–Crippen MR) is 81.2 cm³/mol. The molecule has 0 saturated heterocycles. The monoisotopic (exact) mass is 313 g/mol. The zero-order chi connectivity index (χ0) is 13.2. The summed E-state index contributed by atoms with van der Waals surface area (Å²) in [5.74, 6) is 1.76. The minimum atomic E-state index is 0.728. The molecule has 18 heavy (non-hydrogen) atoms. The molecule has 0 aliphatic heterocycles. The van der Waals surface area contributed by atoms with Crippen molar-refractivity contribution in [3.63, 3.8) is 0 Å². The molecule has 0 saturated carbocycles. The first-order valence-electron chi connectivity index (χ1n) is 6.77. The van der Waals surface area contributed by atoms with Crippen LogP contribution in [-0.2, 0) is 0 Å². The second-order valence-corrected chi connectivity index (χ2v) is 5.86. The summed E-state index contributed by atoms with van der Waals surface area (Å²) in [6.45, 7) is 7.29. The van der Waals surface area contributed by atoms with Crippen molar-refractivity contribution >= 4 is 15.9 Å². The van der Waals surface area contributed by atoms with Gasteiger partial charge in [-0.25, -0.2) is 0 Å². The van der Waals surface area contributed by atoms with Gasteiger partial charge in [-0.05, 0) is 43.1 Å². The van der Waals surface area contributed by atoms with Gasteiger partial charge in [0.25, 0.3) is 0 Å². The van der Waals surface area contributed by atoms with E-state index in [1.807, 2.05) is 24.3 Å². The molecule has 0 aliphatic carbocycles. The van der Waals surface area contributed by atoms with Crippen molar-refractivity contribution < 1.29 is 4.74 Å². The van der Waals surface area contributed by atoms with Crippen LogP contribution in [-0.4, -0.2) is 19.7 Å². The van der Waals surface area contributed by atoms with Crippen molar-refractivity contribution in [2.24, 2.45) is 5.92 Å². The Morgan fingerprint density at radius 1 is 1.11 bits per heavy atom. The van der Waals surface area contributed by atoms with Crippen LogP contribution in [0, 0.1) is 5.92 Å². The number of nitrogens with one attached hydrogen (secondary N) is 1. The highest BCUT2D eigenvalue weighted by molar-refractivity contribution is 9.10. The van der Waals surface area contributed by atoms with Crippen LogP contribution >= 0.6 is 15.9 Å². The molecule has 1 N–H and O–H groups in total. The van der Waals surface area contributed by atoms with Crippen LogP contribution in [0.25, 0.3) is 0 Å². The van der Waals surface area contributed by atoms with Crippen molar-refractivity contribution in [1.82, 2.24) is 5.32 Å². The largest absolute Gasteiger partial charge is 0.492 e. The number of hydrogen-bond acceptors (Lipinski definition) is 2. The van der Waals surface area contributed by atoms with E-state index in [1.54, 1.807) is 0 Å². The topological polar surface area (TPSA) is 21.3 Å². The molecule has 0 bridgehead atoms. The van der Waals surface area contributed by atoms with E-state index in [0.29, 0.717) is 0 Å². The fourth-order valence-corrected chi connectivity index (χ4v) is 1.96. The summed E-state index contributed by atoms with van der Waals surface area (Å²) in [5, 5.41) is 3.41. The van der Waals surface area contributed by atoms with E-state index in [4.69, 9.17) is 4.74 Å². The molecule has 0 radical (unpaired) electrons. The molecule has 0 aliphatic rings. The Hall–Kier alpha value is -0.540. The Kier molecular flexibility index (Phi) is 8.10. The quantitative estimate of drug-likeness (QED) is 0.688. The summed E-state index contributed by atoms with van der Waals surface area (Å²) in [6, 6.07) is 7.95. The van der Waals surface area contributed by atoms with E-state index in [2.05, 4.69) is 35.1 Å². The average Bonchev–Trinajstić information content (AvgIpc) is 2.34. The van der Waals surface area contributed by atoms with Crippen molar-refractivity contribution in [3.05, 3.63) is 28.7 Å². The lowest BCUT2D eigenvalue weighted by atomic mass is 10.1. The lowest BCUT2D eigenvalue weighted by Gasteiger charge is -2.08. The van der Waals surface area contributed by atoms with Gasteiger partial charge in [0.15, 0.2) is 0 Å². The minimum absolute atomic E-state index is 0.728. The van der Waals surface area contributed by atoms with Gasteiger partial charge >= 0.3 is 0 Å². The second-order valence-electron chi connectivity index (χ2n) is 4.94. The highest BCUT2D eigenvalue weighted by Crippen LogP contribution is 2.15. The third kappa shape index (κ3) is 7.72. The first-order chi connectivity index (χ1) is 8.68. The van der Waals surface area contributed by atoms with E-state index in [0.717, 1.165) is 35.8 Å². The van der Waals surface area contributed by atoms with Crippen LogP contribution in [0.1, 0.15) is 33.1 Å². The zero-order valence-corrected chi connectivity index (χ0v) is 13.0. The van der Waals surface area contributed by atoms with Gasteiger partial charge in [-0.3, -0.25) is 0 Å². The Labute approximate surface area is 119 Å². The van der Waals surface area contributed by atoms with E-state index in [1.165, 1.54) is 19.3 Å². The molecule has 0 atom stereocenters. The second kappa shape index (κ2) is 9.40. The Morgan fingerprint density at radius 2 is 1.83 bits per heavy atom. The molecule has 2 nitrogen and oxygen atoms in total. The SMILES string of the molecule is CC(C)CCCCNCCOc1ccc(Br)cc1. The number of halogens is 1. The molecule has 3 heteroatoms. The molecule has 0 amide bonds. The number of ether oxygens (including phenoxy) is 1. The molecular formula is C15H24BrNO. The maximum Gasteiger partial charge on any atom is 0.119 e. The summed E-state index contributed by atoms with van der Waals surface area (Å²) in [4.78, 5) is 0. The molecule has 1 aromatic rings. The van der Waals surface area contributed by atoms with Crippen LogP contribution in [0.5, 0.6) is 5.75 Å². The van der Waals surface area contributed by atoms with Gasteiger partial charge in [-0.15, -0.1) is 0 Å². The summed E-state index contributed by atoms with van der Waals surface area (Å²) in [7, 11) is 0. The average molecular weight is 314 g/mol. The highest BCUT2D eigenvalue weighted by atomic mass is 79.9. The molecule has 0 heterocycles. The highest BCUT2D eigenvalue weighted by Gasteiger charge is 1.95. The molecular weight excluding hydrogens is 290 g/mol. The fourth-order valence-electron chi connectivity index (χ4n) is 1.70. The van der Waals surface area contributed by atoms with Gasteiger partial charge in [0.2, 0.25) is 0 Å². The van der Waals surface area contributed by atoms with E-state index in [9.17, 15) is 0 Å². The number of hydrogen-bond donors (Lipinski definition) is 1. The molecule has 1 aromatic carbocycles. The summed E-state index contributed by atoms with van der Waals surface area (Å²) < 4.78 is 6.70. The van der Waals surface area contributed by atoms with Gasteiger partial charge in [0, 0.05) is 11.0 Å². The molecule has 0 fully saturated rings. The van der Waals surface area contributed by atoms with Crippen LogP contribution in [0.2, 0.25) is 0 Å². The van der Waals surface area contributed by atoms with E-state index < -0.39 is 0 Å². The predicted octanol–water partition coefficient (Wildman–Crippen LogP) is 4.24. The standard InChI is InChI=1S/C15H24BrNO/c1-13(2)5-3-4-10-17-11-12-18-15-8-6-14(16)7-9-15/h6-9,13,17H,3-5,10-12H2,1-2H3. The van der Waals surface area contributed by atoms with Crippen LogP contribution in [0.15, 0.2) is 28.7 Å². The third-order valence-corrected chi connectivity index (χ3v) is 3.27. The number of rotatable bonds is 9. The lowest BCUT2D eigenvalue weighted by molar-refractivity contribution is 0.313. The molecule has 1 rings (SSSR count). The maximum absolute atomic E-state index is 5.62. The smallest absolute Gasteiger partial charge is 0.119 e. The van der Waals surface area contributed by atoms with Crippen molar-refractivity contribution in [2.45, 2.75) is 33.1 Å². The third-order valence-electron chi connectivity index (χ3n) is 2.75. The minimum Gasteiger partial charge on any atom is -0.492 e. The summed E-state index contributed by atoms with van der Waals surface area (Å²) >= 11 is 3.40. The zero-order valence-electron chi connectivity index (χ0n) is 11.4. The Bertz CT molecular complexity index is 311. The van der Waals surface area contributed by atoms with Gasteiger partial charge in [0.05, 0.1) is 0 Å².